The van der Waals surface area contributed by atoms with E-state index in [2.05, 4.69) is 32.0 Å². The highest BCUT2D eigenvalue weighted by Gasteiger charge is 2.50. The minimum atomic E-state index is -0.234. The fourth-order valence-electron chi connectivity index (χ4n) is 4.57. The van der Waals surface area contributed by atoms with Gasteiger partial charge in [-0.05, 0) is 55.3 Å². The summed E-state index contributed by atoms with van der Waals surface area (Å²) in [5.41, 5.74) is 1.92. The first-order chi connectivity index (χ1) is 15.2. The molecule has 1 amide bonds. The third-order valence-electron chi connectivity index (χ3n) is 6.19. The standard InChI is InChI=1S/C24H25N5O2/c30-22-24(10-15-29(22)17-20-4-1-2-11-25-20)9-14-28(18-24)16-19-5-7-21(8-6-19)31-23-26-12-3-13-27-23/h1-8,11-13H,9-10,14-18H2. The van der Waals surface area contributed by atoms with Crippen LogP contribution >= 0.6 is 0 Å². The lowest BCUT2D eigenvalue weighted by atomic mass is 9.85. The number of likely N-dealkylation sites (tertiary alicyclic amines) is 2. The van der Waals surface area contributed by atoms with Gasteiger partial charge in [0.15, 0.2) is 0 Å². The SMILES string of the molecule is O=C1N(Cc2ccccn2)CCC12CCN(Cc1ccc(Oc3ncccn3)cc1)C2. The molecule has 0 aliphatic carbocycles. The van der Waals surface area contributed by atoms with Crippen molar-refractivity contribution in [3.63, 3.8) is 0 Å². The summed E-state index contributed by atoms with van der Waals surface area (Å²) in [4.78, 5) is 30.1. The van der Waals surface area contributed by atoms with Crippen LogP contribution in [0.5, 0.6) is 11.8 Å². The molecule has 31 heavy (non-hydrogen) atoms. The van der Waals surface area contributed by atoms with E-state index in [4.69, 9.17) is 4.74 Å². The number of nitrogens with zero attached hydrogens (tertiary/aromatic N) is 5. The first-order valence-corrected chi connectivity index (χ1v) is 10.7. The van der Waals surface area contributed by atoms with Gasteiger partial charge in [0.2, 0.25) is 5.91 Å². The Morgan fingerprint density at radius 2 is 1.65 bits per heavy atom. The molecule has 2 aliphatic heterocycles. The van der Waals surface area contributed by atoms with Crippen LogP contribution in [0.15, 0.2) is 67.1 Å². The minimum Gasteiger partial charge on any atom is -0.424 e. The van der Waals surface area contributed by atoms with E-state index in [1.165, 1.54) is 5.56 Å². The Bertz CT molecular complexity index is 1030. The molecule has 2 aliphatic rings. The predicted molar refractivity (Wildman–Crippen MR) is 115 cm³/mol. The van der Waals surface area contributed by atoms with Crippen molar-refractivity contribution in [1.29, 1.82) is 0 Å². The van der Waals surface area contributed by atoms with Crippen molar-refractivity contribution in [2.45, 2.75) is 25.9 Å². The lowest BCUT2D eigenvalue weighted by Crippen LogP contribution is -2.36. The van der Waals surface area contributed by atoms with Crippen molar-refractivity contribution < 1.29 is 9.53 Å². The van der Waals surface area contributed by atoms with E-state index in [0.717, 1.165) is 44.7 Å². The van der Waals surface area contributed by atoms with Crippen LogP contribution in [0.25, 0.3) is 0 Å². The number of benzene rings is 1. The molecule has 0 bridgehead atoms. The van der Waals surface area contributed by atoms with Gasteiger partial charge in [0, 0.05) is 38.2 Å². The van der Waals surface area contributed by atoms with Crippen molar-refractivity contribution in [1.82, 2.24) is 24.8 Å². The Labute approximate surface area is 181 Å². The van der Waals surface area contributed by atoms with Crippen LogP contribution < -0.4 is 4.74 Å². The number of carbonyl (C=O) groups is 1. The summed E-state index contributed by atoms with van der Waals surface area (Å²) in [6.07, 6.45) is 6.95. The van der Waals surface area contributed by atoms with Gasteiger partial charge in [0.05, 0.1) is 17.7 Å². The highest BCUT2D eigenvalue weighted by atomic mass is 16.5. The zero-order valence-electron chi connectivity index (χ0n) is 17.4. The van der Waals surface area contributed by atoms with Gasteiger partial charge >= 0.3 is 6.01 Å². The van der Waals surface area contributed by atoms with Gasteiger partial charge in [0.1, 0.15) is 5.75 Å². The maximum Gasteiger partial charge on any atom is 0.321 e. The third-order valence-corrected chi connectivity index (χ3v) is 6.19. The molecule has 2 fully saturated rings. The largest absolute Gasteiger partial charge is 0.424 e. The fourth-order valence-corrected chi connectivity index (χ4v) is 4.57. The Morgan fingerprint density at radius 3 is 2.42 bits per heavy atom. The van der Waals surface area contributed by atoms with Crippen molar-refractivity contribution in [2.24, 2.45) is 5.41 Å². The third kappa shape index (κ3) is 4.27. The van der Waals surface area contributed by atoms with E-state index in [1.807, 2.05) is 35.2 Å². The second-order valence-electron chi connectivity index (χ2n) is 8.32. The minimum absolute atomic E-state index is 0.234. The molecule has 7 nitrogen and oxygen atoms in total. The Balaban J connectivity index is 1.18. The summed E-state index contributed by atoms with van der Waals surface area (Å²) < 4.78 is 5.66. The molecule has 7 heteroatoms. The van der Waals surface area contributed by atoms with Gasteiger partial charge < -0.3 is 9.64 Å². The second-order valence-corrected chi connectivity index (χ2v) is 8.32. The molecular formula is C24H25N5O2. The average molecular weight is 415 g/mol. The van der Waals surface area contributed by atoms with Gasteiger partial charge in [-0.3, -0.25) is 14.7 Å². The van der Waals surface area contributed by atoms with Crippen molar-refractivity contribution in [3.8, 4) is 11.8 Å². The van der Waals surface area contributed by atoms with Gasteiger partial charge in [-0.25, -0.2) is 9.97 Å². The van der Waals surface area contributed by atoms with Crippen LogP contribution in [0, 0.1) is 5.41 Å². The molecule has 4 heterocycles. The van der Waals surface area contributed by atoms with E-state index in [0.29, 0.717) is 18.3 Å². The molecule has 2 saturated heterocycles. The fraction of sp³-hybridized carbons (Fsp3) is 0.333. The van der Waals surface area contributed by atoms with Gasteiger partial charge in [-0.15, -0.1) is 0 Å². The number of pyridine rings is 1. The Kier molecular flexibility index (Phi) is 5.34. The van der Waals surface area contributed by atoms with Gasteiger partial charge in [-0.2, -0.15) is 0 Å². The number of aromatic nitrogens is 3. The average Bonchev–Trinajstić information content (AvgIpc) is 3.35. The highest BCUT2D eigenvalue weighted by Crippen LogP contribution is 2.41. The molecule has 2 aromatic heterocycles. The summed E-state index contributed by atoms with van der Waals surface area (Å²) >= 11 is 0. The number of ether oxygens (including phenoxy) is 1. The quantitative estimate of drug-likeness (QED) is 0.615. The van der Waals surface area contributed by atoms with E-state index in [1.54, 1.807) is 24.7 Å². The number of carbonyl (C=O) groups excluding carboxylic acids is 1. The highest BCUT2D eigenvalue weighted by molar-refractivity contribution is 5.85. The zero-order chi connectivity index (χ0) is 21.1. The smallest absolute Gasteiger partial charge is 0.321 e. The number of rotatable bonds is 6. The summed E-state index contributed by atoms with van der Waals surface area (Å²) in [5.74, 6) is 0.997. The molecule has 1 unspecified atom stereocenters. The maximum atomic E-state index is 13.2. The molecule has 0 saturated carbocycles. The first-order valence-electron chi connectivity index (χ1n) is 10.7. The van der Waals surface area contributed by atoms with Crippen LogP contribution in [0.3, 0.4) is 0 Å². The second kappa shape index (κ2) is 8.43. The summed E-state index contributed by atoms with van der Waals surface area (Å²) in [6.45, 7) is 4.02. The molecule has 0 N–H and O–H groups in total. The van der Waals surface area contributed by atoms with Crippen molar-refractivity contribution >= 4 is 5.91 Å². The number of hydrogen-bond donors (Lipinski definition) is 0. The molecule has 0 radical (unpaired) electrons. The normalized spacial score (nSPS) is 21.2. The molecule has 5 rings (SSSR count). The van der Waals surface area contributed by atoms with Crippen molar-refractivity contribution in [2.75, 3.05) is 19.6 Å². The topological polar surface area (TPSA) is 71.5 Å². The first kappa shape index (κ1) is 19.6. The number of amides is 1. The molecule has 158 valence electrons. The lowest BCUT2D eigenvalue weighted by molar-refractivity contribution is -0.136. The lowest BCUT2D eigenvalue weighted by Gasteiger charge is -2.23. The van der Waals surface area contributed by atoms with E-state index < -0.39 is 0 Å². The molecule has 3 aromatic rings. The van der Waals surface area contributed by atoms with Gasteiger partial charge in [0.25, 0.3) is 0 Å². The van der Waals surface area contributed by atoms with E-state index >= 15 is 0 Å². The summed E-state index contributed by atoms with van der Waals surface area (Å²) in [7, 11) is 0. The van der Waals surface area contributed by atoms with E-state index in [-0.39, 0.29) is 11.3 Å². The van der Waals surface area contributed by atoms with Crippen LogP contribution in [-0.4, -0.2) is 50.3 Å². The zero-order valence-corrected chi connectivity index (χ0v) is 17.4. The summed E-state index contributed by atoms with van der Waals surface area (Å²) in [5, 5.41) is 0. The van der Waals surface area contributed by atoms with Crippen LogP contribution in [0.2, 0.25) is 0 Å². The molecule has 1 atom stereocenters. The van der Waals surface area contributed by atoms with Crippen LogP contribution in [0.4, 0.5) is 0 Å². The maximum absolute atomic E-state index is 13.2. The van der Waals surface area contributed by atoms with Crippen LogP contribution in [0.1, 0.15) is 24.1 Å². The molecule has 1 spiro atoms. The molecular weight excluding hydrogens is 390 g/mol. The predicted octanol–water partition coefficient (Wildman–Crippen LogP) is 3.29. The van der Waals surface area contributed by atoms with Gasteiger partial charge in [-0.1, -0.05) is 18.2 Å². The monoisotopic (exact) mass is 415 g/mol. The van der Waals surface area contributed by atoms with Crippen molar-refractivity contribution in [3.05, 3.63) is 78.4 Å². The molecule has 1 aromatic carbocycles. The summed E-state index contributed by atoms with van der Waals surface area (Å²) in [6, 6.07) is 16.0. The number of hydrogen-bond acceptors (Lipinski definition) is 6. The Hall–Kier alpha value is -3.32. The Morgan fingerprint density at radius 1 is 0.871 bits per heavy atom. The van der Waals surface area contributed by atoms with Crippen LogP contribution in [-0.2, 0) is 17.9 Å². The van der Waals surface area contributed by atoms with E-state index in [9.17, 15) is 4.79 Å².